The first-order chi connectivity index (χ1) is 12.7. The van der Waals surface area contributed by atoms with E-state index < -0.39 is 37.8 Å². The van der Waals surface area contributed by atoms with E-state index in [0.717, 1.165) is 21.9 Å². The van der Waals surface area contributed by atoms with Gasteiger partial charge in [0, 0.05) is 6.54 Å². The Balaban J connectivity index is 2.02. The summed E-state index contributed by atoms with van der Waals surface area (Å²) in [7, 11) is -7.47. The molecule has 1 fully saturated rings. The monoisotopic (exact) mass is 409 g/mol. The fourth-order valence-corrected chi connectivity index (χ4v) is 6.80. The minimum absolute atomic E-state index is 0.00402. The zero-order valence-corrected chi connectivity index (χ0v) is 16.7. The highest BCUT2D eigenvalue weighted by Crippen LogP contribution is 2.27. The zero-order valence-electron chi connectivity index (χ0n) is 15.0. The van der Waals surface area contributed by atoms with Gasteiger partial charge in [0.05, 0.1) is 28.5 Å². The average molecular weight is 410 g/mol. The Kier molecular flexibility index (Phi) is 5.71. The molecule has 6 nitrogen and oxygen atoms in total. The van der Waals surface area contributed by atoms with Crippen molar-refractivity contribution in [2.24, 2.45) is 0 Å². The highest BCUT2D eigenvalue weighted by Gasteiger charge is 2.44. The largest absolute Gasteiger partial charge is 0.390 e. The molecule has 3 rings (SSSR count). The summed E-state index contributed by atoms with van der Waals surface area (Å²) in [6, 6.07) is 14.5. The lowest BCUT2D eigenvalue weighted by molar-refractivity contribution is 0.125. The molecule has 0 unspecified atom stereocenters. The Morgan fingerprint density at radius 2 is 1.63 bits per heavy atom. The van der Waals surface area contributed by atoms with Gasteiger partial charge in [-0.1, -0.05) is 49.4 Å². The molecular formula is C19H23NO5S2. The van der Waals surface area contributed by atoms with Gasteiger partial charge in [0.1, 0.15) is 0 Å². The van der Waals surface area contributed by atoms with Crippen molar-refractivity contribution in [2.75, 3.05) is 11.5 Å². The first-order valence-corrected chi connectivity index (χ1v) is 12.0. The predicted molar refractivity (Wildman–Crippen MR) is 103 cm³/mol. The van der Waals surface area contributed by atoms with Crippen molar-refractivity contribution in [1.29, 1.82) is 0 Å². The third kappa shape index (κ3) is 4.40. The number of benzene rings is 2. The summed E-state index contributed by atoms with van der Waals surface area (Å²) in [6.45, 7) is 1.97. The van der Waals surface area contributed by atoms with Crippen LogP contribution in [0.15, 0.2) is 59.5 Å². The lowest BCUT2D eigenvalue weighted by Crippen LogP contribution is -2.46. The van der Waals surface area contributed by atoms with Crippen molar-refractivity contribution >= 4 is 19.9 Å². The van der Waals surface area contributed by atoms with Gasteiger partial charge in [-0.05, 0) is 29.7 Å². The van der Waals surface area contributed by atoms with Crippen LogP contribution in [0, 0.1) is 0 Å². The second-order valence-electron chi connectivity index (χ2n) is 6.74. The summed E-state index contributed by atoms with van der Waals surface area (Å²) >= 11 is 0. The molecule has 1 saturated heterocycles. The summed E-state index contributed by atoms with van der Waals surface area (Å²) in [4.78, 5) is 0.0899. The molecule has 0 aliphatic carbocycles. The second-order valence-corrected chi connectivity index (χ2v) is 10.8. The maximum atomic E-state index is 13.3. The maximum Gasteiger partial charge on any atom is 0.243 e. The van der Waals surface area contributed by atoms with Crippen LogP contribution >= 0.6 is 0 Å². The zero-order chi connectivity index (χ0) is 19.7. The van der Waals surface area contributed by atoms with E-state index >= 15 is 0 Å². The van der Waals surface area contributed by atoms with Gasteiger partial charge in [-0.3, -0.25) is 0 Å². The molecule has 8 heteroatoms. The SMILES string of the molecule is CCc1ccc(S(=O)(=O)N(Cc2ccccc2)[C@H]2CS(=O)(=O)C[C@H]2O)cc1. The van der Waals surface area contributed by atoms with Gasteiger partial charge in [0.15, 0.2) is 9.84 Å². The van der Waals surface area contributed by atoms with Gasteiger partial charge in [-0.25, -0.2) is 16.8 Å². The number of rotatable bonds is 6. The van der Waals surface area contributed by atoms with Gasteiger partial charge in [-0.2, -0.15) is 4.31 Å². The quantitative estimate of drug-likeness (QED) is 0.782. The van der Waals surface area contributed by atoms with Crippen LogP contribution in [0.4, 0.5) is 0 Å². The van der Waals surface area contributed by atoms with Gasteiger partial charge in [0.25, 0.3) is 0 Å². The highest BCUT2D eigenvalue weighted by atomic mass is 32.2. The summed E-state index contributed by atoms with van der Waals surface area (Å²) < 4.78 is 51.7. The molecule has 0 radical (unpaired) electrons. The lowest BCUT2D eigenvalue weighted by Gasteiger charge is -2.29. The number of hydrogen-bond donors (Lipinski definition) is 1. The first kappa shape index (κ1) is 20.0. The van der Waals surface area contributed by atoms with Gasteiger partial charge in [0.2, 0.25) is 10.0 Å². The average Bonchev–Trinajstić information content (AvgIpc) is 2.92. The van der Waals surface area contributed by atoms with E-state index in [1.54, 1.807) is 36.4 Å². The Bertz CT molecular complexity index is 986. The molecule has 2 atom stereocenters. The van der Waals surface area contributed by atoms with E-state index in [4.69, 9.17) is 0 Å². The van der Waals surface area contributed by atoms with Crippen molar-refractivity contribution in [2.45, 2.75) is 36.9 Å². The van der Waals surface area contributed by atoms with E-state index in [0.29, 0.717) is 0 Å². The molecule has 146 valence electrons. The molecular weight excluding hydrogens is 386 g/mol. The third-order valence-electron chi connectivity index (χ3n) is 4.78. The van der Waals surface area contributed by atoms with Crippen LogP contribution in [-0.2, 0) is 32.8 Å². The van der Waals surface area contributed by atoms with E-state index in [1.165, 1.54) is 12.1 Å². The number of nitrogens with zero attached hydrogens (tertiary/aromatic N) is 1. The number of sulfone groups is 1. The van der Waals surface area contributed by atoms with Gasteiger partial charge >= 0.3 is 0 Å². The first-order valence-electron chi connectivity index (χ1n) is 8.76. The minimum Gasteiger partial charge on any atom is -0.390 e. The summed E-state index contributed by atoms with van der Waals surface area (Å²) in [5.41, 5.74) is 1.73. The third-order valence-corrected chi connectivity index (χ3v) is 8.37. The molecule has 1 N–H and O–H groups in total. The summed E-state index contributed by atoms with van der Waals surface area (Å²) in [5.74, 6) is -0.805. The standard InChI is InChI=1S/C19H23NO5S2/c1-2-15-8-10-17(11-9-15)27(24,25)20(12-16-6-4-3-5-7-16)18-13-26(22,23)14-19(18)21/h3-11,18-19,21H,2,12-14H2,1H3/t18-,19+/m0/s1. The smallest absolute Gasteiger partial charge is 0.243 e. The number of aliphatic hydroxyl groups excluding tert-OH is 1. The minimum atomic E-state index is -3.98. The number of aliphatic hydroxyl groups is 1. The van der Waals surface area contributed by atoms with Crippen molar-refractivity contribution in [1.82, 2.24) is 4.31 Å². The molecule has 2 aromatic carbocycles. The Morgan fingerprint density at radius 3 is 2.15 bits per heavy atom. The van der Waals surface area contributed by atoms with Crippen LogP contribution in [0.5, 0.6) is 0 Å². The van der Waals surface area contributed by atoms with Crippen molar-refractivity contribution in [3.05, 3.63) is 65.7 Å². The second kappa shape index (κ2) is 7.71. The highest BCUT2D eigenvalue weighted by molar-refractivity contribution is 7.92. The van der Waals surface area contributed by atoms with Crippen LogP contribution in [-0.4, -0.2) is 49.9 Å². The van der Waals surface area contributed by atoms with E-state index in [2.05, 4.69) is 0 Å². The normalized spacial score (nSPS) is 22.2. The summed E-state index contributed by atoms with van der Waals surface area (Å²) in [5, 5.41) is 10.3. The molecule has 0 spiro atoms. The molecule has 2 aromatic rings. The van der Waals surface area contributed by atoms with Gasteiger partial charge < -0.3 is 5.11 Å². The number of aryl methyl sites for hydroxylation is 1. The predicted octanol–water partition coefficient (Wildman–Crippen LogP) is 1.60. The van der Waals surface area contributed by atoms with E-state index in [-0.39, 0.29) is 17.2 Å². The van der Waals surface area contributed by atoms with E-state index in [1.807, 2.05) is 13.0 Å². The molecule has 1 aliphatic heterocycles. The van der Waals surface area contributed by atoms with Crippen LogP contribution in [0.2, 0.25) is 0 Å². The van der Waals surface area contributed by atoms with Crippen LogP contribution in [0.25, 0.3) is 0 Å². The Labute approximate surface area is 160 Å². The fraction of sp³-hybridized carbons (Fsp3) is 0.368. The van der Waals surface area contributed by atoms with Crippen molar-refractivity contribution < 1.29 is 21.9 Å². The molecule has 27 heavy (non-hydrogen) atoms. The number of hydrogen-bond acceptors (Lipinski definition) is 5. The van der Waals surface area contributed by atoms with Gasteiger partial charge in [-0.15, -0.1) is 0 Å². The molecule has 1 heterocycles. The topological polar surface area (TPSA) is 91.8 Å². The van der Waals surface area contributed by atoms with Crippen molar-refractivity contribution in [3.63, 3.8) is 0 Å². The Morgan fingerprint density at radius 1 is 1.00 bits per heavy atom. The van der Waals surface area contributed by atoms with Crippen LogP contribution < -0.4 is 0 Å². The van der Waals surface area contributed by atoms with Crippen molar-refractivity contribution in [3.8, 4) is 0 Å². The fourth-order valence-electron chi connectivity index (χ4n) is 3.26. The maximum absolute atomic E-state index is 13.3. The van der Waals surface area contributed by atoms with Crippen LogP contribution in [0.3, 0.4) is 0 Å². The molecule has 0 aromatic heterocycles. The summed E-state index contributed by atoms with van der Waals surface area (Å²) in [6.07, 6.45) is -0.461. The van der Waals surface area contributed by atoms with E-state index in [9.17, 15) is 21.9 Å². The Hall–Kier alpha value is -1.74. The number of sulfonamides is 1. The van der Waals surface area contributed by atoms with Crippen LogP contribution in [0.1, 0.15) is 18.1 Å². The molecule has 0 bridgehead atoms. The molecule has 1 aliphatic rings. The molecule has 0 amide bonds. The molecule has 0 saturated carbocycles. The lowest BCUT2D eigenvalue weighted by atomic mass is 10.2.